The Morgan fingerprint density at radius 3 is 2.50 bits per heavy atom. The number of amides is 1. The molecule has 4 heteroatoms. The van der Waals surface area contributed by atoms with Gasteiger partial charge in [-0.3, -0.25) is 14.4 Å². The highest BCUT2D eigenvalue weighted by atomic mass is 16.2. The second-order valence-electron chi connectivity index (χ2n) is 5.94. The zero-order valence-electron chi connectivity index (χ0n) is 12.6. The van der Waals surface area contributed by atoms with E-state index in [1.165, 1.54) is 0 Å². The van der Waals surface area contributed by atoms with Crippen LogP contribution in [-0.4, -0.2) is 17.5 Å². The summed E-state index contributed by atoms with van der Waals surface area (Å²) in [6, 6.07) is 6.99. The van der Waals surface area contributed by atoms with Gasteiger partial charge in [-0.25, -0.2) is 0 Å². The summed E-state index contributed by atoms with van der Waals surface area (Å²) in [6.45, 7) is 2.11. The molecule has 22 heavy (non-hydrogen) atoms. The fraction of sp³-hybridized carbons (Fsp3) is 0.389. The van der Waals surface area contributed by atoms with Crippen LogP contribution in [0.25, 0.3) is 5.70 Å². The van der Waals surface area contributed by atoms with Crippen molar-refractivity contribution >= 4 is 23.2 Å². The minimum atomic E-state index is -0.453. The third-order valence-electron chi connectivity index (χ3n) is 4.42. The summed E-state index contributed by atoms with van der Waals surface area (Å²) in [6.07, 6.45) is 4.19. The molecule has 1 aromatic rings. The highest BCUT2D eigenvalue weighted by Crippen LogP contribution is 2.37. The van der Waals surface area contributed by atoms with Gasteiger partial charge >= 0.3 is 0 Å². The largest absolute Gasteiger partial charge is 0.325 e. The molecule has 1 atom stereocenters. The van der Waals surface area contributed by atoms with Crippen molar-refractivity contribution in [2.24, 2.45) is 5.92 Å². The number of ketones is 2. The molecule has 1 unspecified atom stereocenters. The van der Waals surface area contributed by atoms with E-state index in [9.17, 15) is 14.4 Å². The minimum absolute atomic E-state index is 0.0720. The molecule has 1 amide bonds. The monoisotopic (exact) mass is 297 g/mol. The maximum absolute atomic E-state index is 12.5. The lowest BCUT2D eigenvalue weighted by atomic mass is 9.76. The second kappa shape index (κ2) is 5.87. The van der Waals surface area contributed by atoms with Crippen LogP contribution < -0.4 is 5.32 Å². The fourth-order valence-electron chi connectivity index (χ4n) is 3.33. The molecule has 0 saturated carbocycles. The first-order chi connectivity index (χ1) is 10.6. The van der Waals surface area contributed by atoms with E-state index in [4.69, 9.17) is 0 Å². The van der Waals surface area contributed by atoms with Crippen LogP contribution >= 0.6 is 0 Å². The molecule has 1 aliphatic carbocycles. The van der Waals surface area contributed by atoms with Gasteiger partial charge in [-0.15, -0.1) is 0 Å². The van der Waals surface area contributed by atoms with Crippen molar-refractivity contribution < 1.29 is 14.4 Å². The molecule has 0 bridgehead atoms. The summed E-state index contributed by atoms with van der Waals surface area (Å²) in [5.41, 5.74) is 2.13. The normalized spacial score (nSPS) is 20.6. The number of allylic oxidation sites excluding steroid dienone is 1. The maximum atomic E-state index is 12.5. The summed E-state index contributed by atoms with van der Waals surface area (Å²) in [4.78, 5) is 36.9. The molecule has 0 radical (unpaired) electrons. The fourth-order valence-corrected chi connectivity index (χ4v) is 3.33. The van der Waals surface area contributed by atoms with E-state index in [1.807, 2.05) is 6.07 Å². The lowest BCUT2D eigenvalue weighted by molar-refractivity contribution is -0.121. The number of Topliss-reactive ketones (excluding diaryl/α,β-unsaturated/α-hetero) is 2. The average Bonchev–Trinajstić information content (AvgIpc) is 2.52. The zero-order valence-corrected chi connectivity index (χ0v) is 12.6. The van der Waals surface area contributed by atoms with Gasteiger partial charge in [-0.05, 0) is 12.3 Å². The smallest absolute Gasteiger partial charge is 0.233 e. The second-order valence-corrected chi connectivity index (χ2v) is 5.94. The van der Waals surface area contributed by atoms with Crippen molar-refractivity contribution in [3.8, 4) is 0 Å². The van der Waals surface area contributed by atoms with Crippen LogP contribution in [0.1, 0.15) is 54.9 Å². The van der Waals surface area contributed by atoms with Crippen LogP contribution in [0.4, 0.5) is 0 Å². The number of hydrogen-bond acceptors (Lipinski definition) is 3. The molecule has 4 nitrogen and oxygen atoms in total. The van der Waals surface area contributed by atoms with Gasteiger partial charge in [0.1, 0.15) is 0 Å². The Morgan fingerprint density at radius 1 is 1.05 bits per heavy atom. The van der Waals surface area contributed by atoms with E-state index in [-0.39, 0.29) is 11.8 Å². The predicted octanol–water partition coefficient (Wildman–Crippen LogP) is 2.88. The van der Waals surface area contributed by atoms with Crippen LogP contribution in [0.5, 0.6) is 0 Å². The number of benzene rings is 1. The summed E-state index contributed by atoms with van der Waals surface area (Å²) in [5.74, 6) is -1.11. The summed E-state index contributed by atoms with van der Waals surface area (Å²) in [5, 5.41) is 2.81. The first-order valence-corrected chi connectivity index (χ1v) is 7.86. The first-order valence-electron chi connectivity index (χ1n) is 7.86. The van der Waals surface area contributed by atoms with Gasteiger partial charge in [-0.2, -0.15) is 0 Å². The lowest BCUT2D eigenvalue weighted by Crippen LogP contribution is -2.39. The average molecular weight is 297 g/mol. The Morgan fingerprint density at radius 2 is 1.77 bits per heavy atom. The van der Waals surface area contributed by atoms with Crippen molar-refractivity contribution in [1.29, 1.82) is 0 Å². The van der Waals surface area contributed by atoms with Gasteiger partial charge in [0, 0.05) is 23.1 Å². The van der Waals surface area contributed by atoms with E-state index in [2.05, 4.69) is 12.2 Å². The van der Waals surface area contributed by atoms with E-state index in [0.29, 0.717) is 28.8 Å². The van der Waals surface area contributed by atoms with Crippen molar-refractivity contribution in [3.63, 3.8) is 0 Å². The molecule has 0 aromatic heterocycles. The molecule has 3 rings (SSSR count). The van der Waals surface area contributed by atoms with Crippen LogP contribution in [0.15, 0.2) is 29.8 Å². The highest BCUT2D eigenvalue weighted by molar-refractivity contribution is 6.52. The number of fused-ring (bicyclic) bond motifs is 2. The van der Waals surface area contributed by atoms with Gasteiger partial charge in [0.15, 0.2) is 0 Å². The number of nitrogens with one attached hydrogen (secondary N) is 1. The molecule has 1 N–H and O–H groups in total. The Labute approximate surface area is 129 Å². The SMILES string of the molecule is CCCCCC1CC(=O)NC2=C1C(=O)C(=O)c1ccccc12. The van der Waals surface area contributed by atoms with Gasteiger partial charge in [0.2, 0.25) is 17.5 Å². The van der Waals surface area contributed by atoms with Gasteiger partial charge in [0.05, 0.1) is 5.70 Å². The van der Waals surface area contributed by atoms with Crippen molar-refractivity contribution in [2.45, 2.75) is 39.0 Å². The van der Waals surface area contributed by atoms with E-state index in [0.717, 1.165) is 25.7 Å². The van der Waals surface area contributed by atoms with Gasteiger partial charge in [0.25, 0.3) is 0 Å². The van der Waals surface area contributed by atoms with Crippen molar-refractivity contribution in [1.82, 2.24) is 5.32 Å². The number of carbonyl (C=O) groups excluding carboxylic acids is 3. The third-order valence-corrected chi connectivity index (χ3v) is 4.42. The zero-order chi connectivity index (χ0) is 15.7. The maximum Gasteiger partial charge on any atom is 0.233 e. The Balaban J connectivity index is 2.06. The summed E-state index contributed by atoms with van der Waals surface area (Å²) in [7, 11) is 0. The third kappa shape index (κ3) is 2.39. The van der Waals surface area contributed by atoms with E-state index < -0.39 is 11.6 Å². The number of hydrogen-bond donors (Lipinski definition) is 1. The lowest BCUT2D eigenvalue weighted by Gasteiger charge is -2.31. The van der Waals surface area contributed by atoms with Crippen LogP contribution in [0, 0.1) is 5.92 Å². The minimum Gasteiger partial charge on any atom is -0.325 e. The Kier molecular flexibility index (Phi) is 3.92. The highest BCUT2D eigenvalue weighted by Gasteiger charge is 2.40. The standard InChI is InChI=1S/C18H19NO3/c1-2-3-4-7-11-10-14(20)19-16-12-8-5-6-9-13(12)17(21)18(22)15(11)16/h5-6,8-9,11H,2-4,7,10H2,1H3,(H,19,20). The Hall–Kier alpha value is -2.23. The van der Waals surface area contributed by atoms with Crippen molar-refractivity contribution in [2.75, 3.05) is 0 Å². The molecule has 0 spiro atoms. The molecule has 2 aliphatic rings. The predicted molar refractivity (Wildman–Crippen MR) is 83.1 cm³/mol. The van der Waals surface area contributed by atoms with Crippen LogP contribution in [0.2, 0.25) is 0 Å². The Bertz CT molecular complexity index is 687. The summed E-state index contributed by atoms with van der Waals surface area (Å²) < 4.78 is 0. The van der Waals surface area contributed by atoms with E-state index >= 15 is 0 Å². The van der Waals surface area contributed by atoms with Gasteiger partial charge < -0.3 is 5.32 Å². The number of unbranched alkanes of at least 4 members (excludes halogenated alkanes) is 2. The number of carbonyl (C=O) groups is 3. The van der Waals surface area contributed by atoms with Crippen LogP contribution in [-0.2, 0) is 9.59 Å². The van der Waals surface area contributed by atoms with Gasteiger partial charge in [-0.1, -0.05) is 50.5 Å². The molecule has 114 valence electrons. The molecule has 1 aliphatic heterocycles. The molecular formula is C18H19NO3. The molecule has 0 fully saturated rings. The van der Waals surface area contributed by atoms with Crippen molar-refractivity contribution in [3.05, 3.63) is 41.0 Å². The molecule has 1 aromatic carbocycles. The first kappa shape index (κ1) is 14.7. The summed E-state index contributed by atoms with van der Waals surface area (Å²) >= 11 is 0. The molecule has 0 saturated heterocycles. The number of rotatable bonds is 4. The molecule has 1 heterocycles. The van der Waals surface area contributed by atoms with E-state index in [1.54, 1.807) is 18.2 Å². The van der Waals surface area contributed by atoms with Crippen LogP contribution in [0.3, 0.4) is 0 Å². The topological polar surface area (TPSA) is 63.2 Å². The molecular weight excluding hydrogens is 278 g/mol. The quantitative estimate of drug-likeness (QED) is 0.686.